The smallest absolute Gasteiger partial charge is 0.243 e. The molecule has 2 aromatic carbocycles. The third kappa shape index (κ3) is 4.33. The summed E-state index contributed by atoms with van der Waals surface area (Å²) < 4.78 is 1.01. The van der Waals surface area contributed by atoms with Gasteiger partial charge in [0.25, 0.3) is 0 Å². The van der Waals surface area contributed by atoms with Gasteiger partial charge in [0.1, 0.15) is 0 Å². The zero-order valence-electron chi connectivity index (χ0n) is 12.5. The number of anilines is 2. The highest BCUT2D eigenvalue weighted by Crippen LogP contribution is 2.20. The highest BCUT2D eigenvalue weighted by atomic mass is 79.9. The van der Waals surface area contributed by atoms with Crippen LogP contribution in [0.15, 0.2) is 40.9 Å². The molecular formula is C17H19BrN2O. The molecule has 3 nitrogen and oxygen atoms in total. The summed E-state index contributed by atoms with van der Waals surface area (Å²) in [5, 5.41) is 6.09. The van der Waals surface area contributed by atoms with Gasteiger partial charge in [-0.2, -0.15) is 0 Å². The number of aryl methyl sites for hydroxylation is 3. The molecule has 0 saturated carbocycles. The molecule has 0 heterocycles. The number of halogens is 1. The van der Waals surface area contributed by atoms with Crippen molar-refractivity contribution in [2.75, 3.05) is 17.2 Å². The average molecular weight is 347 g/mol. The van der Waals surface area contributed by atoms with Crippen LogP contribution in [0.2, 0.25) is 0 Å². The summed E-state index contributed by atoms with van der Waals surface area (Å²) in [6.45, 7) is 6.31. The highest BCUT2D eigenvalue weighted by Gasteiger charge is 2.06. The first-order chi connectivity index (χ1) is 9.95. The van der Waals surface area contributed by atoms with Crippen LogP contribution in [0.5, 0.6) is 0 Å². The van der Waals surface area contributed by atoms with Gasteiger partial charge < -0.3 is 10.6 Å². The lowest BCUT2D eigenvalue weighted by atomic mass is 10.1. The van der Waals surface area contributed by atoms with E-state index in [4.69, 9.17) is 0 Å². The molecule has 0 saturated heterocycles. The predicted molar refractivity (Wildman–Crippen MR) is 91.9 cm³/mol. The third-order valence-corrected chi connectivity index (χ3v) is 3.78. The van der Waals surface area contributed by atoms with Crippen molar-refractivity contribution in [3.8, 4) is 0 Å². The van der Waals surface area contributed by atoms with Crippen molar-refractivity contribution in [2.45, 2.75) is 20.8 Å². The minimum absolute atomic E-state index is 0.0552. The summed E-state index contributed by atoms with van der Waals surface area (Å²) in [6, 6.07) is 11.9. The van der Waals surface area contributed by atoms with E-state index >= 15 is 0 Å². The second-order valence-corrected chi connectivity index (χ2v) is 6.10. The molecule has 0 aliphatic rings. The molecule has 0 spiro atoms. The average Bonchev–Trinajstić information content (AvgIpc) is 2.41. The maximum absolute atomic E-state index is 12.0. The topological polar surface area (TPSA) is 41.1 Å². The summed E-state index contributed by atoms with van der Waals surface area (Å²) in [6.07, 6.45) is 0. The van der Waals surface area contributed by atoms with Crippen molar-refractivity contribution in [1.82, 2.24) is 0 Å². The van der Waals surface area contributed by atoms with Crippen LogP contribution in [0.25, 0.3) is 0 Å². The van der Waals surface area contributed by atoms with Gasteiger partial charge in [-0.3, -0.25) is 4.79 Å². The zero-order valence-corrected chi connectivity index (χ0v) is 14.0. The van der Waals surface area contributed by atoms with Crippen molar-refractivity contribution in [3.05, 3.63) is 57.6 Å². The Balaban J connectivity index is 1.96. The summed E-state index contributed by atoms with van der Waals surface area (Å²) >= 11 is 3.41. The monoisotopic (exact) mass is 346 g/mol. The summed E-state index contributed by atoms with van der Waals surface area (Å²) in [7, 11) is 0. The molecular weight excluding hydrogens is 328 g/mol. The number of carbonyl (C=O) groups excluding carboxylic acids is 1. The van der Waals surface area contributed by atoms with Gasteiger partial charge in [-0.05, 0) is 56.2 Å². The summed E-state index contributed by atoms with van der Waals surface area (Å²) in [5.41, 5.74) is 5.22. The highest BCUT2D eigenvalue weighted by molar-refractivity contribution is 9.10. The largest absolute Gasteiger partial charge is 0.376 e. The van der Waals surface area contributed by atoms with E-state index in [-0.39, 0.29) is 12.5 Å². The minimum Gasteiger partial charge on any atom is -0.376 e. The van der Waals surface area contributed by atoms with Crippen molar-refractivity contribution in [1.29, 1.82) is 0 Å². The third-order valence-electron chi connectivity index (χ3n) is 3.28. The van der Waals surface area contributed by atoms with Crippen LogP contribution in [-0.4, -0.2) is 12.5 Å². The Bertz CT molecular complexity index is 668. The van der Waals surface area contributed by atoms with E-state index in [0.717, 1.165) is 27.0 Å². The molecule has 2 aromatic rings. The molecule has 0 aliphatic heterocycles. The number of hydrogen-bond donors (Lipinski definition) is 2. The van der Waals surface area contributed by atoms with E-state index in [1.807, 2.05) is 44.2 Å². The quantitative estimate of drug-likeness (QED) is 0.859. The van der Waals surface area contributed by atoms with Gasteiger partial charge in [-0.15, -0.1) is 0 Å². The van der Waals surface area contributed by atoms with Gasteiger partial charge in [0.15, 0.2) is 0 Å². The Morgan fingerprint density at radius 1 is 1.00 bits per heavy atom. The second kappa shape index (κ2) is 6.76. The molecule has 110 valence electrons. The molecule has 4 heteroatoms. The fourth-order valence-electron chi connectivity index (χ4n) is 2.15. The molecule has 2 N–H and O–H groups in total. The lowest BCUT2D eigenvalue weighted by molar-refractivity contribution is -0.114. The standard InChI is InChI=1S/C17H19BrN2O/c1-11-4-6-15(12(2)8-11)19-10-17(21)20-16-7-5-14(18)9-13(16)3/h4-9,19H,10H2,1-3H3,(H,20,21). The van der Waals surface area contributed by atoms with E-state index in [2.05, 4.69) is 39.6 Å². The number of benzene rings is 2. The molecule has 21 heavy (non-hydrogen) atoms. The normalized spacial score (nSPS) is 10.3. The van der Waals surface area contributed by atoms with Gasteiger partial charge in [0, 0.05) is 15.8 Å². The fraction of sp³-hybridized carbons (Fsp3) is 0.235. The second-order valence-electron chi connectivity index (χ2n) is 5.18. The molecule has 0 fully saturated rings. The van der Waals surface area contributed by atoms with Crippen LogP contribution in [0.3, 0.4) is 0 Å². The van der Waals surface area contributed by atoms with Crippen LogP contribution >= 0.6 is 15.9 Å². The first-order valence-corrected chi connectivity index (χ1v) is 7.62. The van der Waals surface area contributed by atoms with Crippen LogP contribution in [0.4, 0.5) is 11.4 Å². The first kappa shape index (κ1) is 15.6. The van der Waals surface area contributed by atoms with E-state index < -0.39 is 0 Å². The van der Waals surface area contributed by atoms with Gasteiger partial charge in [-0.25, -0.2) is 0 Å². The first-order valence-electron chi connectivity index (χ1n) is 6.83. The van der Waals surface area contributed by atoms with E-state index in [0.29, 0.717) is 0 Å². The SMILES string of the molecule is Cc1ccc(NCC(=O)Nc2ccc(Br)cc2C)c(C)c1. The Hall–Kier alpha value is -1.81. The lowest BCUT2D eigenvalue weighted by Crippen LogP contribution is -2.22. The van der Waals surface area contributed by atoms with E-state index in [1.54, 1.807) is 0 Å². The molecule has 0 atom stereocenters. The van der Waals surface area contributed by atoms with E-state index in [1.165, 1.54) is 5.56 Å². The van der Waals surface area contributed by atoms with Crippen molar-refractivity contribution in [2.24, 2.45) is 0 Å². The Labute approximate surface area is 133 Å². The summed E-state index contributed by atoms with van der Waals surface area (Å²) in [4.78, 5) is 12.0. The lowest BCUT2D eigenvalue weighted by Gasteiger charge is -2.12. The fourth-order valence-corrected chi connectivity index (χ4v) is 2.62. The summed E-state index contributed by atoms with van der Waals surface area (Å²) in [5.74, 6) is -0.0552. The number of nitrogens with one attached hydrogen (secondary N) is 2. The van der Waals surface area contributed by atoms with Crippen LogP contribution in [0, 0.1) is 20.8 Å². The molecule has 1 amide bonds. The predicted octanol–water partition coefficient (Wildman–Crippen LogP) is 4.42. The van der Waals surface area contributed by atoms with Gasteiger partial charge in [0.2, 0.25) is 5.91 Å². The molecule has 2 rings (SSSR count). The number of hydrogen-bond acceptors (Lipinski definition) is 2. The maximum atomic E-state index is 12.0. The van der Waals surface area contributed by atoms with Gasteiger partial charge in [0.05, 0.1) is 6.54 Å². The van der Waals surface area contributed by atoms with Gasteiger partial charge in [-0.1, -0.05) is 33.6 Å². The Morgan fingerprint density at radius 3 is 2.33 bits per heavy atom. The van der Waals surface area contributed by atoms with Crippen molar-refractivity contribution in [3.63, 3.8) is 0 Å². The maximum Gasteiger partial charge on any atom is 0.243 e. The molecule has 0 radical (unpaired) electrons. The van der Waals surface area contributed by atoms with E-state index in [9.17, 15) is 4.79 Å². The Kier molecular flexibility index (Phi) is 5.02. The molecule has 0 bridgehead atoms. The number of amides is 1. The van der Waals surface area contributed by atoms with Crippen molar-refractivity contribution >= 4 is 33.2 Å². The van der Waals surface area contributed by atoms with Crippen LogP contribution in [-0.2, 0) is 4.79 Å². The van der Waals surface area contributed by atoms with Crippen molar-refractivity contribution < 1.29 is 4.79 Å². The zero-order chi connectivity index (χ0) is 15.4. The molecule has 0 aromatic heterocycles. The number of carbonyl (C=O) groups is 1. The molecule has 0 unspecified atom stereocenters. The van der Waals surface area contributed by atoms with Crippen LogP contribution in [0.1, 0.15) is 16.7 Å². The number of rotatable bonds is 4. The molecule has 0 aliphatic carbocycles. The minimum atomic E-state index is -0.0552. The van der Waals surface area contributed by atoms with Gasteiger partial charge >= 0.3 is 0 Å². The van der Waals surface area contributed by atoms with Crippen LogP contribution < -0.4 is 10.6 Å². The Morgan fingerprint density at radius 2 is 1.67 bits per heavy atom.